The van der Waals surface area contributed by atoms with Crippen molar-refractivity contribution in [2.45, 2.75) is 83.1 Å². The fourth-order valence-electron chi connectivity index (χ4n) is 8.33. The quantitative estimate of drug-likeness (QED) is 0.226. The molecule has 6 rings (SSSR count). The molecule has 0 N–H and O–H groups in total. The molecule has 13 nitrogen and oxygen atoms in total. The molecule has 8 atom stereocenters. The van der Waals surface area contributed by atoms with Crippen molar-refractivity contribution >= 4 is 29.8 Å². The Bertz CT molecular complexity index is 1790. The first-order valence-corrected chi connectivity index (χ1v) is 16.8. The van der Waals surface area contributed by atoms with Gasteiger partial charge in [0, 0.05) is 44.6 Å². The zero-order valence-electron chi connectivity index (χ0n) is 29.0. The Morgan fingerprint density at radius 3 is 1.92 bits per heavy atom. The van der Waals surface area contributed by atoms with Crippen LogP contribution < -0.4 is 0 Å². The third-order valence-electron chi connectivity index (χ3n) is 10.4. The third-order valence-corrected chi connectivity index (χ3v) is 10.4. The number of nitrogens with zero attached hydrogens (tertiary/aromatic N) is 2. The number of carbonyl (C=O) groups excluding carboxylic acids is 5. The van der Waals surface area contributed by atoms with E-state index in [0.29, 0.717) is 0 Å². The van der Waals surface area contributed by atoms with Gasteiger partial charge in [-0.3, -0.25) is 19.6 Å². The molecule has 2 aliphatic carbocycles. The number of aromatic nitrogens is 2. The average Bonchev–Trinajstić information content (AvgIpc) is 3.37. The maximum absolute atomic E-state index is 14.1. The SMILES string of the molecule is CC(=O)OC1CC(C)C23CC(C(OC(=O)c4cccnc4)C(OC(=O)c4ccccc4)C2(COC(=O)c2cccnc2)C1OC(C)=O)C(C)(C)O3. The normalized spacial score (nSPS) is 30.2. The van der Waals surface area contributed by atoms with Gasteiger partial charge in [-0.1, -0.05) is 25.1 Å². The van der Waals surface area contributed by atoms with Gasteiger partial charge in [-0.15, -0.1) is 0 Å². The lowest BCUT2D eigenvalue weighted by molar-refractivity contribution is -0.305. The molecule has 0 amide bonds. The van der Waals surface area contributed by atoms with Crippen LogP contribution in [-0.2, 0) is 38.0 Å². The van der Waals surface area contributed by atoms with Crippen LogP contribution in [0.15, 0.2) is 79.4 Å². The molecule has 1 aliphatic heterocycles. The number of carbonyl (C=O) groups is 5. The fourth-order valence-corrected chi connectivity index (χ4v) is 8.33. The summed E-state index contributed by atoms with van der Waals surface area (Å²) in [6.07, 6.45) is 0.902. The summed E-state index contributed by atoms with van der Waals surface area (Å²) in [4.78, 5) is 75.3. The van der Waals surface area contributed by atoms with Crippen LogP contribution in [0.4, 0.5) is 0 Å². The number of benzene rings is 1. The minimum Gasteiger partial charge on any atom is -0.461 e. The summed E-state index contributed by atoms with van der Waals surface area (Å²) < 4.78 is 37.9. The van der Waals surface area contributed by atoms with Gasteiger partial charge in [-0.25, -0.2) is 14.4 Å². The van der Waals surface area contributed by atoms with E-state index < -0.39 is 89.3 Å². The first kappa shape index (κ1) is 35.6. The van der Waals surface area contributed by atoms with Crippen molar-refractivity contribution in [3.63, 3.8) is 0 Å². The molecule has 13 heteroatoms. The lowest BCUT2D eigenvalue weighted by Crippen LogP contribution is -2.77. The minimum atomic E-state index is -1.80. The van der Waals surface area contributed by atoms with Crippen LogP contribution in [0, 0.1) is 17.3 Å². The molecule has 0 radical (unpaired) electrons. The lowest BCUT2D eigenvalue weighted by Gasteiger charge is -2.62. The third kappa shape index (κ3) is 6.46. The summed E-state index contributed by atoms with van der Waals surface area (Å²) >= 11 is 0. The molecule has 3 heterocycles. The number of fused-ring (bicyclic) bond motifs is 1. The van der Waals surface area contributed by atoms with Crippen LogP contribution >= 0.6 is 0 Å². The molecule has 3 fully saturated rings. The number of ether oxygens (including phenoxy) is 6. The summed E-state index contributed by atoms with van der Waals surface area (Å²) in [5, 5.41) is 0. The Kier molecular flexibility index (Phi) is 9.69. The lowest BCUT2D eigenvalue weighted by atomic mass is 9.48. The number of hydrogen-bond acceptors (Lipinski definition) is 13. The van der Waals surface area contributed by atoms with E-state index >= 15 is 0 Å². The molecule has 268 valence electrons. The van der Waals surface area contributed by atoms with E-state index in [1.807, 2.05) is 20.8 Å². The van der Waals surface area contributed by atoms with E-state index in [1.54, 1.807) is 42.5 Å². The maximum Gasteiger partial charge on any atom is 0.340 e. The predicted octanol–water partition coefficient (Wildman–Crippen LogP) is 4.54. The van der Waals surface area contributed by atoms with Crippen LogP contribution in [-0.4, -0.2) is 82.0 Å². The van der Waals surface area contributed by atoms with Crippen LogP contribution in [0.25, 0.3) is 0 Å². The van der Waals surface area contributed by atoms with Crippen molar-refractivity contribution in [3.8, 4) is 0 Å². The molecule has 1 spiro atoms. The Morgan fingerprint density at radius 1 is 0.745 bits per heavy atom. The Balaban J connectivity index is 1.59. The highest BCUT2D eigenvalue weighted by Crippen LogP contribution is 2.68. The maximum atomic E-state index is 14.1. The van der Waals surface area contributed by atoms with Gasteiger partial charge in [0.15, 0.2) is 12.2 Å². The molecule has 1 saturated heterocycles. The summed E-state index contributed by atoms with van der Waals surface area (Å²) in [6, 6.07) is 14.4. The number of hydrogen-bond donors (Lipinski definition) is 0. The summed E-state index contributed by atoms with van der Waals surface area (Å²) in [5.41, 5.74) is -3.69. The summed E-state index contributed by atoms with van der Waals surface area (Å²) in [7, 11) is 0. The topological polar surface area (TPSA) is 167 Å². The van der Waals surface area contributed by atoms with E-state index in [2.05, 4.69) is 9.97 Å². The second-order valence-corrected chi connectivity index (χ2v) is 13.9. The van der Waals surface area contributed by atoms with E-state index in [9.17, 15) is 24.0 Å². The van der Waals surface area contributed by atoms with E-state index in [0.717, 1.165) is 0 Å². The van der Waals surface area contributed by atoms with Crippen molar-refractivity contribution in [3.05, 3.63) is 96.1 Å². The Hall–Kier alpha value is -5.17. The zero-order chi connectivity index (χ0) is 36.6. The van der Waals surface area contributed by atoms with Crippen LogP contribution in [0.5, 0.6) is 0 Å². The van der Waals surface area contributed by atoms with E-state index in [4.69, 9.17) is 28.4 Å². The Labute approximate surface area is 294 Å². The second kappa shape index (κ2) is 13.9. The smallest absolute Gasteiger partial charge is 0.340 e. The van der Waals surface area contributed by atoms with Gasteiger partial charge in [0.1, 0.15) is 24.2 Å². The Morgan fingerprint density at radius 2 is 1.33 bits per heavy atom. The van der Waals surface area contributed by atoms with Crippen LogP contribution in [0.2, 0.25) is 0 Å². The van der Waals surface area contributed by atoms with E-state index in [-0.39, 0.29) is 29.5 Å². The van der Waals surface area contributed by atoms with Gasteiger partial charge in [0.2, 0.25) is 0 Å². The van der Waals surface area contributed by atoms with Crippen molar-refractivity contribution in [2.24, 2.45) is 17.3 Å². The summed E-state index contributed by atoms with van der Waals surface area (Å²) in [5.74, 6) is -4.72. The number of pyridine rings is 2. The van der Waals surface area contributed by atoms with Gasteiger partial charge < -0.3 is 28.4 Å². The van der Waals surface area contributed by atoms with Gasteiger partial charge in [0.05, 0.1) is 27.9 Å². The summed E-state index contributed by atoms with van der Waals surface area (Å²) in [6.45, 7) is 7.45. The standard InChI is InChI=1S/C38H40N2O11/c1-22-17-29(47-23(2)41)31(48-24(3)42)37(21-46-33(43)26-13-9-15-39-19-26)32(50-34(44)25-11-7-6-8-12-25)30(28-18-38(22,37)51-36(28,4)5)49-35(45)27-14-10-16-40-20-27/h6-16,19-20,22,28-32H,17-18,21H2,1-5H3. The van der Waals surface area contributed by atoms with Gasteiger partial charge in [-0.2, -0.15) is 0 Å². The van der Waals surface area contributed by atoms with Crippen molar-refractivity contribution in [1.29, 1.82) is 0 Å². The molecule has 1 aromatic carbocycles. The van der Waals surface area contributed by atoms with Gasteiger partial charge in [-0.05, 0) is 69.0 Å². The molecule has 3 aromatic rings. The molecular formula is C38H40N2O11. The predicted molar refractivity (Wildman–Crippen MR) is 177 cm³/mol. The van der Waals surface area contributed by atoms with Crippen molar-refractivity contribution in [1.82, 2.24) is 9.97 Å². The van der Waals surface area contributed by atoms with Crippen molar-refractivity contribution in [2.75, 3.05) is 6.61 Å². The highest BCUT2D eigenvalue weighted by atomic mass is 16.6. The molecular weight excluding hydrogens is 660 g/mol. The molecule has 2 aromatic heterocycles. The minimum absolute atomic E-state index is 0.131. The van der Waals surface area contributed by atoms with Crippen LogP contribution in [0.3, 0.4) is 0 Å². The molecule has 3 aliphatic rings. The first-order valence-electron chi connectivity index (χ1n) is 16.8. The monoisotopic (exact) mass is 700 g/mol. The molecule has 2 saturated carbocycles. The van der Waals surface area contributed by atoms with Crippen molar-refractivity contribution < 1.29 is 52.4 Å². The number of esters is 5. The fraction of sp³-hybridized carbons (Fsp3) is 0.447. The largest absolute Gasteiger partial charge is 0.461 e. The zero-order valence-corrected chi connectivity index (χ0v) is 29.0. The number of rotatable bonds is 9. The second-order valence-electron chi connectivity index (χ2n) is 13.9. The highest BCUT2D eigenvalue weighted by Gasteiger charge is 2.81. The molecule has 2 bridgehead atoms. The first-order chi connectivity index (χ1) is 24.3. The van der Waals surface area contributed by atoms with E-state index in [1.165, 1.54) is 50.8 Å². The average molecular weight is 701 g/mol. The van der Waals surface area contributed by atoms with Gasteiger partial charge in [0.25, 0.3) is 0 Å². The van der Waals surface area contributed by atoms with Gasteiger partial charge >= 0.3 is 29.8 Å². The molecule has 8 unspecified atom stereocenters. The molecule has 51 heavy (non-hydrogen) atoms. The highest BCUT2D eigenvalue weighted by molar-refractivity contribution is 5.91. The van der Waals surface area contributed by atoms with Crippen LogP contribution in [0.1, 0.15) is 78.5 Å².